The van der Waals surface area contributed by atoms with Crippen molar-refractivity contribution in [2.75, 3.05) is 0 Å². The van der Waals surface area contributed by atoms with Gasteiger partial charge in [-0.1, -0.05) is 50.1 Å². The van der Waals surface area contributed by atoms with Crippen molar-refractivity contribution >= 4 is 0 Å². The molecule has 2 atom stereocenters. The molecule has 0 aliphatic carbocycles. The number of unbranched alkanes of at least 4 members (excludes halogenated alkanes) is 1. The highest BCUT2D eigenvalue weighted by Gasteiger charge is 2.71. The van der Waals surface area contributed by atoms with Gasteiger partial charge in [0.1, 0.15) is 0 Å². The summed E-state index contributed by atoms with van der Waals surface area (Å²) in [4.78, 5) is 0. The molecule has 0 amide bonds. The minimum absolute atomic E-state index is 0.0227. The van der Waals surface area contributed by atoms with Crippen molar-refractivity contribution in [3.05, 3.63) is 35.9 Å². The molecule has 0 N–H and O–H groups in total. The van der Waals surface area contributed by atoms with E-state index in [2.05, 4.69) is 0 Å². The van der Waals surface area contributed by atoms with Crippen LogP contribution < -0.4 is 0 Å². The molecule has 1 aromatic carbocycles. The zero-order valence-corrected chi connectivity index (χ0v) is 11.0. The Morgan fingerprint density at radius 3 is 2.47 bits per heavy atom. The van der Waals surface area contributed by atoms with Crippen molar-refractivity contribution in [3.8, 4) is 0 Å². The van der Waals surface area contributed by atoms with Gasteiger partial charge in [-0.25, -0.2) is 0 Å². The summed E-state index contributed by atoms with van der Waals surface area (Å²) >= 11 is 0. The van der Waals surface area contributed by atoms with Crippen molar-refractivity contribution < 1.29 is 17.9 Å². The van der Waals surface area contributed by atoms with E-state index in [0.29, 0.717) is 12.8 Å². The Kier molecular flexibility index (Phi) is 4.19. The van der Waals surface area contributed by atoms with Gasteiger partial charge in [0.25, 0.3) is 0 Å². The van der Waals surface area contributed by atoms with Gasteiger partial charge in [-0.2, -0.15) is 13.2 Å². The standard InChI is InChI=1S/C15H19F3O/c1-2-3-9-13-14(19-13,15(16,17)18)11-10-12-7-5-4-6-8-12/h4-8,13H,2-3,9-11H2,1H3/t13-,14+/m1/s1. The van der Waals surface area contributed by atoms with E-state index >= 15 is 0 Å². The molecular formula is C15H19F3O. The molecule has 1 aliphatic rings. The molecule has 0 bridgehead atoms. The van der Waals surface area contributed by atoms with E-state index in [-0.39, 0.29) is 6.42 Å². The smallest absolute Gasteiger partial charge is 0.356 e. The first-order chi connectivity index (χ1) is 8.99. The maximum absolute atomic E-state index is 13.2. The number of benzene rings is 1. The van der Waals surface area contributed by atoms with Crippen LogP contribution in [-0.2, 0) is 11.2 Å². The molecule has 2 rings (SSSR count). The van der Waals surface area contributed by atoms with Gasteiger partial charge in [0.15, 0.2) is 5.60 Å². The molecule has 0 aromatic heterocycles. The summed E-state index contributed by atoms with van der Waals surface area (Å²) in [6.07, 6.45) is -2.29. The highest BCUT2D eigenvalue weighted by molar-refractivity contribution is 5.17. The van der Waals surface area contributed by atoms with Crippen molar-refractivity contribution in [1.82, 2.24) is 0 Å². The maximum atomic E-state index is 13.2. The third-order valence-electron chi connectivity index (χ3n) is 3.74. The lowest BCUT2D eigenvalue weighted by Crippen LogP contribution is -2.35. The number of ether oxygens (including phenoxy) is 1. The Morgan fingerprint density at radius 1 is 1.21 bits per heavy atom. The van der Waals surface area contributed by atoms with Crippen LogP contribution in [0.2, 0.25) is 0 Å². The lowest BCUT2D eigenvalue weighted by molar-refractivity contribution is -0.185. The van der Waals surface area contributed by atoms with E-state index in [1.807, 2.05) is 37.3 Å². The topological polar surface area (TPSA) is 12.5 Å². The monoisotopic (exact) mass is 272 g/mol. The molecule has 4 heteroatoms. The normalized spacial score (nSPS) is 26.4. The minimum Gasteiger partial charge on any atom is -0.356 e. The number of epoxide rings is 1. The van der Waals surface area contributed by atoms with Crippen molar-refractivity contribution in [2.45, 2.75) is 56.9 Å². The molecule has 0 radical (unpaired) electrons. The Hall–Kier alpha value is -1.03. The second-order valence-corrected chi connectivity index (χ2v) is 5.12. The van der Waals surface area contributed by atoms with Gasteiger partial charge in [-0.3, -0.25) is 0 Å². The van der Waals surface area contributed by atoms with Gasteiger partial charge in [0.05, 0.1) is 6.10 Å². The summed E-state index contributed by atoms with van der Waals surface area (Å²) in [5.41, 5.74) is -0.964. The van der Waals surface area contributed by atoms with E-state index < -0.39 is 17.9 Å². The van der Waals surface area contributed by atoms with Gasteiger partial charge >= 0.3 is 6.18 Å². The molecule has 0 saturated carbocycles. The highest BCUT2D eigenvalue weighted by Crippen LogP contribution is 2.54. The van der Waals surface area contributed by atoms with Crippen molar-refractivity contribution in [2.24, 2.45) is 0 Å². The summed E-state index contributed by atoms with van der Waals surface area (Å²) in [6, 6.07) is 9.26. The fourth-order valence-electron chi connectivity index (χ4n) is 2.49. The molecule has 1 nitrogen and oxygen atoms in total. The van der Waals surface area contributed by atoms with E-state index in [4.69, 9.17) is 4.74 Å². The second kappa shape index (κ2) is 5.53. The van der Waals surface area contributed by atoms with Crippen LogP contribution in [-0.4, -0.2) is 17.9 Å². The van der Waals surface area contributed by atoms with Crippen LogP contribution in [0.4, 0.5) is 13.2 Å². The summed E-state index contributed by atoms with van der Waals surface area (Å²) in [7, 11) is 0. The first-order valence-corrected chi connectivity index (χ1v) is 6.78. The average Bonchev–Trinajstić information content (AvgIpc) is 3.10. The van der Waals surface area contributed by atoms with Crippen LogP contribution in [0.15, 0.2) is 30.3 Å². The quantitative estimate of drug-likeness (QED) is 0.694. The van der Waals surface area contributed by atoms with E-state index in [1.54, 1.807) is 0 Å². The number of hydrogen-bond donors (Lipinski definition) is 0. The van der Waals surface area contributed by atoms with Crippen molar-refractivity contribution in [3.63, 3.8) is 0 Å². The highest BCUT2D eigenvalue weighted by atomic mass is 19.4. The molecule has 106 valence electrons. The van der Waals surface area contributed by atoms with E-state index in [0.717, 1.165) is 18.4 Å². The molecule has 1 saturated heterocycles. The Labute approximate surface area is 111 Å². The summed E-state index contributed by atoms with van der Waals surface area (Å²) < 4.78 is 44.5. The van der Waals surface area contributed by atoms with Gasteiger partial charge < -0.3 is 4.74 Å². The molecule has 1 aromatic rings. The van der Waals surface area contributed by atoms with Crippen LogP contribution in [0.3, 0.4) is 0 Å². The number of hydrogen-bond acceptors (Lipinski definition) is 1. The van der Waals surface area contributed by atoms with Crippen LogP contribution in [0, 0.1) is 0 Å². The van der Waals surface area contributed by atoms with Crippen LogP contribution in [0.1, 0.15) is 38.2 Å². The lowest BCUT2D eigenvalue weighted by atomic mass is 9.93. The second-order valence-electron chi connectivity index (χ2n) is 5.12. The molecule has 1 heterocycles. The summed E-state index contributed by atoms with van der Waals surface area (Å²) in [5.74, 6) is 0. The number of aryl methyl sites for hydroxylation is 1. The number of alkyl halides is 3. The summed E-state index contributed by atoms with van der Waals surface area (Å²) in [5, 5.41) is 0. The average molecular weight is 272 g/mol. The van der Waals surface area contributed by atoms with Crippen LogP contribution in [0.5, 0.6) is 0 Å². The predicted molar refractivity (Wildman–Crippen MR) is 67.9 cm³/mol. The largest absolute Gasteiger partial charge is 0.420 e. The lowest BCUT2D eigenvalue weighted by Gasteiger charge is -2.17. The molecule has 1 aliphatic heterocycles. The third-order valence-corrected chi connectivity index (χ3v) is 3.74. The van der Waals surface area contributed by atoms with E-state index in [9.17, 15) is 13.2 Å². The van der Waals surface area contributed by atoms with Gasteiger partial charge in [0.2, 0.25) is 0 Å². The fraction of sp³-hybridized carbons (Fsp3) is 0.600. The first-order valence-electron chi connectivity index (χ1n) is 6.78. The zero-order valence-electron chi connectivity index (χ0n) is 11.0. The van der Waals surface area contributed by atoms with E-state index in [1.165, 1.54) is 0 Å². The maximum Gasteiger partial charge on any atom is 0.420 e. The molecule has 0 unspecified atom stereocenters. The number of rotatable bonds is 6. The molecule has 1 fully saturated rings. The molecule has 19 heavy (non-hydrogen) atoms. The Morgan fingerprint density at radius 2 is 1.89 bits per heavy atom. The third kappa shape index (κ3) is 3.11. The first kappa shape index (κ1) is 14.4. The van der Waals surface area contributed by atoms with Gasteiger partial charge in [0, 0.05) is 0 Å². The van der Waals surface area contributed by atoms with Crippen LogP contribution >= 0.6 is 0 Å². The fourth-order valence-corrected chi connectivity index (χ4v) is 2.49. The molecule has 0 spiro atoms. The van der Waals surface area contributed by atoms with Crippen LogP contribution in [0.25, 0.3) is 0 Å². The minimum atomic E-state index is -4.26. The Balaban J connectivity index is 1.97. The summed E-state index contributed by atoms with van der Waals surface area (Å²) in [6.45, 7) is 1.97. The molecular weight excluding hydrogens is 253 g/mol. The van der Waals surface area contributed by atoms with Crippen molar-refractivity contribution in [1.29, 1.82) is 0 Å². The Bertz CT molecular complexity index is 402. The number of halogens is 3. The van der Waals surface area contributed by atoms with Gasteiger partial charge in [-0.15, -0.1) is 0 Å². The SMILES string of the molecule is CCCC[C@H]1O[C@]1(CCc1ccccc1)C(F)(F)F. The van der Waals surface area contributed by atoms with Gasteiger partial charge in [-0.05, 0) is 24.8 Å². The zero-order chi connectivity index (χ0) is 13.9. The predicted octanol–water partition coefficient (Wildman–Crippen LogP) is 4.51.